The van der Waals surface area contributed by atoms with Gasteiger partial charge in [0.25, 0.3) is 0 Å². The number of aryl methyl sites for hydroxylation is 1. The van der Waals surface area contributed by atoms with Crippen molar-refractivity contribution in [2.45, 2.75) is 37.8 Å². The van der Waals surface area contributed by atoms with Crippen molar-refractivity contribution >= 4 is 9.84 Å². The lowest BCUT2D eigenvalue weighted by Crippen LogP contribution is -2.16. The molecule has 2 aliphatic heterocycles. The first kappa shape index (κ1) is 11.2. The Morgan fingerprint density at radius 1 is 1.35 bits per heavy atom. The molecule has 1 N–H and O–H groups in total. The van der Waals surface area contributed by atoms with E-state index in [0.717, 1.165) is 13.0 Å². The maximum atomic E-state index is 11.4. The molecular formula is C10H15N3O3S. The Kier molecular flexibility index (Phi) is 2.48. The molecule has 2 unspecified atom stereocenters. The summed E-state index contributed by atoms with van der Waals surface area (Å²) >= 11 is 0. The average molecular weight is 257 g/mol. The van der Waals surface area contributed by atoms with E-state index in [1.807, 2.05) is 0 Å². The number of aromatic nitrogens is 3. The van der Waals surface area contributed by atoms with E-state index in [9.17, 15) is 13.5 Å². The zero-order valence-corrected chi connectivity index (χ0v) is 10.2. The van der Waals surface area contributed by atoms with Crippen LogP contribution in [0.4, 0.5) is 0 Å². The minimum atomic E-state index is -2.91. The number of hydrogen-bond donors (Lipinski definition) is 1. The number of fused-ring (bicyclic) bond motifs is 1. The van der Waals surface area contributed by atoms with Gasteiger partial charge in [0.15, 0.2) is 21.5 Å². The number of rotatable bonds is 1. The Hall–Kier alpha value is -0.950. The maximum Gasteiger partial charge on any atom is 0.156 e. The Bertz CT molecular complexity index is 537. The molecule has 0 spiro atoms. The Labute approximate surface area is 99.6 Å². The zero-order valence-electron chi connectivity index (χ0n) is 9.41. The van der Waals surface area contributed by atoms with E-state index in [-0.39, 0.29) is 17.4 Å². The van der Waals surface area contributed by atoms with Crippen molar-refractivity contribution in [1.29, 1.82) is 0 Å². The molecule has 0 aliphatic carbocycles. The molecule has 0 radical (unpaired) electrons. The van der Waals surface area contributed by atoms with Gasteiger partial charge in [-0.05, 0) is 19.3 Å². The normalized spacial score (nSPS) is 31.4. The van der Waals surface area contributed by atoms with Crippen molar-refractivity contribution in [3.05, 3.63) is 11.6 Å². The third-order valence-corrected chi connectivity index (χ3v) is 5.23. The smallest absolute Gasteiger partial charge is 0.156 e. The quantitative estimate of drug-likeness (QED) is 0.766. The van der Waals surface area contributed by atoms with E-state index < -0.39 is 15.9 Å². The molecule has 0 bridgehead atoms. The van der Waals surface area contributed by atoms with Gasteiger partial charge in [0, 0.05) is 12.5 Å². The summed E-state index contributed by atoms with van der Waals surface area (Å²) in [5, 5.41) is 14.1. The van der Waals surface area contributed by atoms with Gasteiger partial charge in [-0.2, -0.15) is 5.10 Å². The monoisotopic (exact) mass is 257 g/mol. The number of hydrogen-bond acceptors (Lipinski definition) is 5. The van der Waals surface area contributed by atoms with Crippen LogP contribution in [-0.4, -0.2) is 39.8 Å². The summed E-state index contributed by atoms with van der Waals surface area (Å²) in [7, 11) is -2.91. The maximum absolute atomic E-state index is 11.4. The fraction of sp³-hybridized carbons (Fsp3) is 0.800. The predicted molar refractivity (Wildman–Crippen MR) is 60.2 cm³/mol. The standard InChI is InChI=1S/C10H15N3O3S/c14-8-2-1-4-13-10(8)11-9(12-13)7-3-5-17(15,16)6-7/h7-8,14H,1-6H2. The Balaban J connectivity index is 1.90. The second kappa shape index (κ2) is 3.78. The molecule has 1 saturated heterocycles. The molecule has 3 heterocycles. The molecular weight excluding hydrogens is 242 g/mol. The SMILES string of the molecule is O=S1(=O)CCC(c2nc3n(n2)CCCC3O)C1. The van der Waals surface area contributed by atoms with Crippen LogP contribution in [0.3, 0.4) is 0 Å². The van der Waals surface area contributed by atoms with Crippen molar-refractivity contribution in [3.8, 4) is 0 Å². The molecule has 17 heavy (non-hydrogen) atoms. The van der Waals surface area contributed by atoms with Crippen molar-refractivity contribution in [2.24, 2.45) is 0 Å². The van der Waals surface area contributed by atoms with Gasteiger partial charge < -0.3 is 5.11 Å². The predicted octanol–water partition coefficient (Wildman–Crippen LogP) is 0.00740. The van der Waals surface area contributed by atoms with Crippen LogP contribution in [0.2, 0.25) is 0 Å². The summed E-state index contributed by atoms with van der Waals surface area (Å²) < 4.78 is 24.5. The van der Waals surface area contributed by atoms with Gasteiger partial charge >= 0.3 is 0 Å². The van der Waals surface area contributed by atoms with Crippen LogP contribution in [0.25, 0.3) is 0 Å². The molecule has 3 rings (SSSR count). The van der Waals surface area contributed by atoms with Gasteiger partial charge in [-0.15, -0.1) is 0 Å². The van der Waals surface area contributed by atoms with Gasteiger partial charge in [0.05, 0.1) is 11.5 Å². The molecule has 0 amide bonds. The lowest BCUT2D eigenvalue weighted by molar-refractivity contribution is 0.130. The molecule has 1 aromatic heterocycles. The molecule has 2 aliphatic rings. The lowest BCUT2D eigenvalue weighted by atomic mass is 10.1. The first-order valence-electron chi connectivity index (χ1n) is 5.88. The Morgan fingerprint density at radius 3 is 2.82 bits per heavy atom. The summed E-state index contributed by atoms with van der Waals surface area (Å²) in [6.07, 6.45) is 1.64. The van der Waals surface area contributed by atoms with Crippen LogP contribution in [0.1, 0.15) is 42.9 Å². The topological polar surface area (TPSA) is 85.1 Å². The average Bonchev–Trinajstić information content (AvgIpc) is 2.82. The number of sulfone groups is 1. The molecule has 7 heteroatoms. The molecule has 0 aromatic carbocycles. The van der Waals surface area contributed by atoms with E-state index in [4.69, 9.17) is 0 Å². The highest BCUT2D eigenvalue weighted by Crippen LogP contribution is 2.29. The van der Waals surface area contributed by atoms with Gasteiger partial charge in [0.1, 0.15) is 6.10 Å². The van der Waals surface area contributed by atoms with E-state index in [2.05, 4.69) is 10.1 Å². The zero-order chi connectivity index (χ0) is 12.0. The third kappa shape index (κ3) is 1.97. The highest BCUT2D eigenvalue weighted by molar-refractivity contribution is 7.91. The largest absolute Gasteiger partial charge is 0.385 e. The molecule has 0 saturated carbocycles. The minimum absolute atomic E-state index is 0.0923. The molecule has 2 atom stereocenters. The van der Waals surface area contributed by atoms with Crippen molar-refractivity contribution in [1.82, 2.24) is 14.8 Å². The fourth-order valence-corrected chi connectivity index (χ4v) is 4.26. The summed E-state index contributed by atoms with van der Waals surface area (Å²) in [6.45, 7) is 0.763. The van der Waals surface area contributed by atoms with Gasteiger partial charge in [0.2, 0.25) is 0 Å². The highest BCUT2D eigenvalue weighted by Gasteiger charge is 2.33. The van der Waals surface area contributed by atoms with Gasteiger partial charge in [-0.3, -0.25) is 0 Å². The molecule has 94 valence electrons. The second-order valence-corrected chi connectivity index (χ2v) is 7.04. The first-order chi connectivity index (χ1) is 8.05. The minimum Gasteiger partial charge on any atom is -0.385 e. The Morgan fingerprint density at radius 2 is 2.18 bits per heavy atom. The van der Waals surface area contributed by atoms with Crippen LogP contribution in [-0.2, 0) is 16.4 Å². The summed E-state index contributed by atoms with van der Waals surface area (Å²) in [5.41, 5.74) is 0. The van der Waals surface area contributed by atoms with E-state index in [1.54, 1.807) is 4.68 Å². The van der Waals surface area contributed by atoms with Crippen LogP contribution < -0.4 is 0 Å². The van der Waals surface area contributed by atoms with E-state index in [1.165, 1.54) is 0 Å². The molecule has 1 aromatic rings. The fourth-order valence-electron chi connectivity index (χ4n) is 2.52. The summed E-state index contributed by atoms with van der Waals surface area (Å²) in [4.78, 5) is 4.32. The number of aliphatic hydroxyl groups is 1. The van der Waals surface area contributed by atoms with Crippen molar-refractivity contribution in [3.63, 3.8) is 0 Å². The van der Waals surface area contributed by atoms with Crippen molar-refractivity contribution in [2.75, 3.05) is 11.5 Å². The second-order valence-electron chi connectivity index (χ2n) is 4.81. The van der Waals surface area contributed by atoms with E-state index in [0.29, 0.717) is 24.5 Å². The number of aliphatic hydroxyl groups excluding tert-OH is 1. The van der Waals surface area contributed by atoms with E-state index >= 15 is 0 Å². The summed E-state index contributed by atoms with van der Waals surface area (Å²) in [6, 6.07) is 0. The number of nitrogens with zero attached hydrogens (tertiary/aromatic N) is 3. The van der Waals surface area contributed by atoms with Crippen LogP contribution >= 0.6 is 0 Å². The highest BCUT2D eigenvalue weighted by atomic mass is 32.2. The summed E-state index contributed by atoms with van der Waals surface area (Å²) in [5.74, 6) is 1.46. The van der Waals surface area contributed by atoms with Crippen LogP contribution in [0.5, 0.6) is 0 Å². The first-order valence-corrected chi connectivity index (χ1v) is 7.70. The van der Waals surface area contributed by atoms with Gasteiger partial charge in [-0.25, -0.2) is 18.1 Å². The van der Waals surface area contributed by atoms with Gasteiger partial charge in [-0.1, -0.05) is 0 Å². The van der Waals surface area contributed by atoms with Crippen molar-refractivity contribution < 1.29 is 13.5 Å². The molecule has 1 fully saturated rings. The van der Waals surface area contributed by atoms with Crippen LogP contribution in [0, 0.1) is 0 Å². The van der Waals surface area contributed by atoms with Crippen LogP contribution in [0.15, 0.2) is 0 Å². The lowest BCUT2D eigenvalue weighted by Gasteiger charge is -2.16. The molecule has 6 nitrogen and oxygen atoms in total. The third-order valence-electron chi connectivity index (χ3n) is 3.46.